The molecule has 1 rings (SSSR count). The minimum absolute atomic E-state index is 0.0404. The minimum Gasteiger partial charge on any atom is -0.487 e. The fraction of sp³-hybridized carbons (Fsp3) is 0.412. The molecule has 0 bridgehead atoms. The topological polar surface area (TPSA) is 61.8 Å². The van der Waals surface area contributed by atoms with Crippen LogP contribution < -0.4 is 9.47 Å². The molecule has 120 valence electrons. The summed E-state index contributed by atoms with van der Waals surface area (Å²) in [6.45, 7) is 7.92. The van der Waals surface area contributed by atoms with E-state index in [1.165, 1.54) is 0 Å². The van der Waals surface area contributed by atoms with Gasteiger partial charge in [0.25, 0.3) is 0 Å². The maximum Gasteiger partial charge on any atom is 0.336 e. The van der Waals surface area contributed by atoms with Gasteiger partial charge < -0.3 is 14.2 Å². The Labute approximate surface area is 130 Å². The fourth-order valence-corrected chi connectivity index (χ4v) is 1.46. The second kappa shape index (κ2) is 8.87. The average molecular weight is 306 g/mol. The maximum atomic E-state index is 11.7. The number of carbonyl (C=O) groups excluding carboxylic acids is 2. The van der Waals surface area contributed by atoms with E-state index in [0.717, 1.165) is 12.2 Å². The highest BCUT2D eigenvalue weighted by Crippen LogP contribution is 2.27. The van der Waals surface area contributed by atoms with E-state index in [1.807, 2.05) is 27.7 Å². The lowest BCUT2D eigenvalue weighted by atomic mass is 10.2. The Kier molecular flexibility index (Phi) is 7.16. The van der Waals surface area contributed by atoms with Crippen molar-refractivity contribution in [1.82, 2.24) is 0 Å². The predicted molar refractivity (Wildman–Crippen MR) is 82.8 cm³/mol. The highest BCUT2D eigenvalue weighted by Gasteiger charge is 2.09. The molecule has 1 aromatic rings. The Balaban J connectivity index is 2.60. The standard InChI is InChI=1S/C17H22O5/c1-12(2)11-20-16(18)9-10-17(19)22-15-8-6-5-7-14(15)21-13(3)4/h5-10,12-13H,11H2,1-4H3/b10-9+. The average Bonchev–Trinajstić information content (AvgIpc) is 2.44. The van der Waals surface area contributed by atoms with E-state index in [-0.39, 0.29) is 12.0 Å². The third-order valence-corrected chi connectivity index (χ3v) is 2.34. The van der Waals surface area contributed by atoms with Gasteiger partial charge in [-0.05, 0) is 31.9 Å². The van der Waals surface area contributed by atoms with Crippen LogP contribution in [0.4, 0.5) is 0 Å². The molecule has 0 radical (unpaired) electrons. The lowest BCUT2D eigenvalue weighted by Crippen LogP contribution is -2.11. The fourth-order valence-electron chi connectivity index (χ4n) is 1.46. The van der Waals surface area contributed by atoms with Gasteiger partial charge in [-0.15, -0.1) is 0 Å². The van der Waals surface area contributed by atoms with Gasteiger partial charge in [0, 0.05) is 12.2 Å². The van der Waals surface area contributed by atoms with Crippen LogP contribution >= 0.6 is 0 Å². The Morgan fingerprint density at radius 3 is 2.18 bits per heavy atom. The van der Waals surface area contributed by atoms with E-state index < -0.39 is 11.9 Å². The van der Waals surface area contributed by atoms with Gasteiger partial charge in [-0.2, -0.15) is 0 Å². The third-order valence-electron chi connectivity index (χ3n) is 2.34. The molecule has 22 heavy (non-hydrogen) atoms. The first-order valence-electron chi connectivity index (χ1n) is 7.20. The number of para-hydroxylation sites is 2. The summed E-state index contributed by atoms with van der Waals surface area (Å²) in [4.78, 5) is 23.1. The molecule has 0 aromatic heterocycles. The van der Waals surface area contributed by atoms with Crippen molar-refractivity contribution in [2.24, 2.45) is 5.92 Å². The number of esters is 2. The van der Waals surface area contributed by atoms with Gasteiger partial charge >= 0.3 is 11.9 Å². The van der Waals surface area contributed by atoms with Crippen molar-refractivity contribution in [1.29, 1.82) is 0 Å². The molecule has 0 aliphatic heterocycles. The summed E-state index contributed by atoms with van der Waals surface area (Å²) in [5, 5.41) is 0. The molecule has 5 nitrogen and oxygen atoms in total. The first kappa shape index (κ1) is 17.8. The molecule has 0 aliphatic carbocycles. The quantitative estimate of drug-likeness (QED) is 0.440. The van der Waals surface area contributed by atoms with Crippen molar-refractivity contribution in [3.05, 3.63) is 36.4 Å². The van der Waals surface area contributed by atoms with E-state index >= 15 is 0 Å². The number of carbonyl (C=O) groups is 2. The van der Waals surface area contributed by atoms with Crippen LogP contribution in [0.2, 0.25) is 0 Å². The maximum absolute atomic E-state index is 11.7. The molecule has 0 fully saturated rings. The molecule has 0 saturated carbocycles. The molecule has 1 aromatic carbocycles. The monoisotopic (exact) mass is 306 g/mol. The normalized spacial score (nSPS) is 11.0. The van der Waals surface area contributed by atoms with Gasteiger partial charge in [-0.25, -0.2) is 9.59 Å². The van der Waals surface area contributed by atoms with Crippen molar-refractivity contribution < 1.29 is 23.8 Å². The largest absolute Gasteiger partial charge is 0.487 e. The number of ether oxygens (including phenoxy) is 3. The van der Waals surface area contributed by atoms with E-state index in [1.54, 1.807) is 24.3 Å². The first-order valence-corrected chi connectivity index (χ1v) is 7.20. The van der Waals surface area contributed by atoms with Crippen LogP contribution in [-0.2, 0) is 14.3 Å². The van der Waals surface area contributed by atoms with Crippen LogP contribution in [0, 0.1) is 5.92 Å². The Morgan fingerprint density at radius 2 is 1.59 bits per heavy atom. The molecule has 5 heteroatoms. The molecular formula is C17H22O5. The van der Waals surface area contributed by atoms with Crippen LogP contribution in [0.1, 0.15) is 27.7 Å². The summed E-state index contributed by atoms with van der Waals surface area (Å²) in [6, 6.07) is 6.86. The van der Waals surface area contributed by atoms with E-state index in [9.17, 15) is 9.59 Å². The number of hydrogen-bond donors (Lipinski definition) is 0. The van der Waals surface area contributed by atoms with Crippen LogP contribution in [-0.4, -0.2) is 24.6 Å². The Hall–Kier alpha value is -2.30. The highest BCUT2D eigenvalue weighted by molar-refractivity contribution is 5.92. The molecule has 0 saturated heterocycles. The van der Waals surface area contributed by atoms with Crippen molar-refractivity contribution in [3.63, 3.8) is 0 Å². The zero-order chi connectivity index (χ0) is 16.5. The lowest BCUT2D eigenvalue weighted by Gasteiger charge is -2.13. The summed E-state index contributed by atoms with van der Waals surface area (Å²) in [6.07, 6.45) is 2.05. The molecule has 0 atom stereocenters. The molecule has 0 N–H and O–H groups in total. The Morgan fingerprint density at radius 1 is 1.00 bits per heavy atom. The molecule has 0 heterocycles. The molecule has 0 amide bonds. The summed E-state index contributed by atoms with van der Waals surface area (Å²) >= 11 is 0. The summed E-state index contributed by atoms with van der Waals surface area (Å²) in [5.41, 5.74) is 0. The van der Waals surface area contributed by atoms with Crippen molar-refractivity contribution in [3.8, 4) is 11.5 Å². The molecule has 0 spiro atoms. The number of hydrogen-bond acceptors (Lipinski definition) is 5. The van der Waals surface area contributed by atoms with Crippen LogP contribution in [0.25, 0.3) is 0 Å². The third kappa shape index (κ3) is 6.92. The summed E-state index contributed by atoms with van der Waals surface area (Å²) in [5.74, 6) is -0.217. The van der Waals surface area contributed by atoms with Crippen molar-refractivity contribution in [2.45, 2.75) is 33.8 Å². The van der Waals surface area contributed by atoms with Crippen molar-refractivity contribution >= 4 is 11.9 Å². The first-order chi connectivity index (χ1) is 10.4. The highest BCUT2D eigenvalue weighted by atomic mass is 16.6. The summed E-state index contributed by atoms with van der Waals surface area (Å²) in [7, 11) is 0. The SMILES string of the molecule is CC(C)COC(=O)/C=C/C(=O)Oc1ccccc1OC(C)C. The van der Waals surface area contributed by atoms with E-state index in [0.29, 0.717) is 18.1 Å². The Bertz CT molecular complexity index is 532. The lowest BCUT2D eigenvalue weighted by molar-refractivity contribution is -0.139. The van der Waals surface area contributed by atoms with Crippen LogP contribution in [0.5, 0.6) is 11.5 Å². The smallest absolute Gasteiger partial charge is 0.336 e. The van der Waals surface area contributed by atoms with Gasteiger partial charge in [-0.3, -0.25) is 0 Å². The molecule has 0 aliphatic rings. The zero-order valence-electron chi connectivity index (χ0n) is 13.4. The van der Waals surface area contributed by atoms with Crippen molar-refractivity contribution in [2.75, 3.05) is 6.61 Å². The van der Waals surface area contributed by atoms with Gasteiger partial charge in [-0.1, -0.05) is 26.0 Å². The van der Waals surface area contributed by atoms with Gasteiger partial charge in [0.05, 0.1) is 12.7 Å². The number of rotatable bonds is 7. The van der Waals surface area contributed by atoms with Gasteiger partial charge in [0.15, 0.2) is 11.5 Å². The van der Waals surface area contributed by atoms with E-state index in [4.69, 9.17) is 14.2 Å². The predicted octanol–water partition coefficient (Wildman–Crippen LogP) is 3.13. The van der Waals surface area contributed by atoms with Crippen LogP contribution in [0.3, 0.4) is 0 Å². The molecular weight excluding hydrogens is 284 g/mol. The van der Waals surface area contributed by atoms with Crippen LogP contribution in [0.15, 0.2) is 36.4 Å². The van der Waals surface area contributed by atoms with Gasteiger partial charge in [0.2, 0.25) is 0 Å². The zero-order valence-corrected chi connectivity index (χ0v) is 13.4. The second-order valence-corrected chi connectivity index (χ2v) is 5.39. The molecule has 0 unspecified atom stereocenters. The van der Waals surface area contributed by atoms with Gasteiger partial charge in [0.1, 0.15) is 0 Å². The minimum atomic E-state index is -0.665. The summed E-state index contributed by atoms with van der Waals surface area (Å²) < 4.78 is 15.6. The second-order valence-electron chi connectivity index (χ2n) is 5.39. The van der Waals surface area contributed by atoms with E-state index in [2.05, 4.69) is 0 Å². The number of benzene rings is 1.